The summed E-state index contributed by atoms with van der Waals surface area (Å²) in [5.74, 6) is 0. The molecule has 116 valence electrons. The van der Waals surface area contributed by atoms with Crippen LogP contribution in [0.1, 0.15) is 23.6 Å². The number of nitrogens with one attached hydrogen (secondary N) is 2. The van der Waals surface area contributed by atoms with Gasteiger partial charge in [0.05, 0.1) is 5.71 Å². The second-order valence-corrected chi connectivity index (χ2v) is 5.92. The van der Waals surface area contributed by atoms with E-state index in [1.807, 2.05) is 6.92 Å². The number of hydrogen-bond donors (Lipinski definition) is 2. The van der Waals surface area contributed by atoms with Crippen molar-refractivity contribution in [3.63, 3.8) is 0 Å². The fraction of sp³-hybridized carbons (Fsp3) is 0.158. The van der Waals surface area contributed by atoms with Gasteiger partial charge in [-0.25, -0.2) is 0 Å². The van der Waals surface area contributed by atoms with Crippen LogP contribution in [0.3, 0.4) is 0 Å². The Bertz CT molecular complexity index is 793. The van der Waals surface area contributed by atoms with Gasteiger partial charge in [0.2, 0.25) is 0 Å². The minimum absolute atomic E-state index is 0.498. The zero-order valence-electron chi connectivity index (χ0n) is 13.1. The molecule has 0 fully saturated rings. The van der Waals surface area contributed by atoms with Crippen LogP contribution in [-0.4, -0.2) is 17.4 Å². The summed E-state index contributed by atoms with van der Waals surface area (Å²) >= 11 is 5.14. The van der Waals surface area contributed by atoms with E-state index in [1.54, 1.807) is 6.08 Å². The van der Waals surface area contributed by atoms with Crippen molar-refractivity contribution in [1.82, 2.24) is 10.7 Å². The fourth-order valence-electron chi connectivity index (χ4n) is 2.77. The minimum atomic E-state index is 0.498. The monoisotopic (exact) mass is 321 g/mol. The first-order valence-electron chi connectivity index (χ1n) is 7.59. The maximum absolute atomic E-state index is 5.14. The van der Waals surface area contributed by atoms with E-state index in [0.717, 1.165) is 17.7 Å². The van der Waals surface area contributed by atoms with Crippen LogP contribution in [0.5, 0.6) is 0 Å². The predicted molar refractivity (Wildman–Crippen MR) is 101 cm³/mol. The lowest BCUT2D eigenvalue weighted by Gasteiger charge is -2.07. The number of hydrogen-bond acceptors (Lipinski definition) is 2. The van der Waals surface area contributed by atoms with Crippen LogP contribution in [0.4, 0.5) is 0 Å². The number of rotatable bonds is 4. The normalized spacial score (nSPS) is 12.3. The summed E-state index contributed by atoms with van der Waals surface area (Å²) in [6, 6.07) is 15.1. The maximum atomic E-state index is 5.14. The number of nitrogens with zero attached hydrogens (tertiary/aromatic N) is 1. The van der Waals surface area contributed by atoms with Gasteiger partial charge in [0, 0.05) is 6.54 Å². The Balaban J connectivity index is 1.76. The molecule has 0 saturated carbocycles. The fourth-order valence-corrected chi connectivity index (χ4v) is 2.90. The van der Waals surface area contributed by atoms with Gasteiger partial charge in [-0.3, -0.25) is 5.43 Å². The van der Waals surface area contributed by atoms with Crippen LogP contribution in [-0.2, 0) is 6.42 Å². The third kappa shape index (κ3) is 3.32. The average molecular weight is 321 g/mol. The van der Waals surface area contributed by atoms with E-state index in [-0.39, 0.29) is 0 Å². The van der Waals surface area contributed by atoms with Gasteiger partial charge in [0.15, 0.2) is 5.11 Å². The third-order valence-corrected chi connectivity index (χ3v) is 4.18. The lowest BCUT2D eigenvalue weighted by molar-refractivity contribution is 0.936. The molecule has 1 aliphatic rings. The number of hydrazone groups is 1. The summed E-state index contributed by atoms with van der Waals surface area (Å²) in [7, 11) is 0. The molecule has 1 aliphatic carbocycles. The molecule has 3 rings (SSSR count). The molecule has 2 aromatic carbocycles. The molecular weight excluding hydrogens is 302 g/mol. The van der Waals surface area contributed by atoms with Gasteiger partial charge in [-0.15, -0.1) is 6.58 Å². The molecule has 2 aromatic rings. The SMILES string of the molecule is C=CCNC(=S)N/N=C(/C)c1ccc2c(c1)Cc1ccccc1-2. The number of fused-ring (bicyclic) bond motifs is 3. The highest BCUT2D eigenvalue weighted by Crippen LogP contribution is 2.36. The summed E-state index contributed by atoms with van der Waals surface area (Å²) in [5, 5.41) is 7.84. The Morgan fingerprint density at radius 2 is 2.00 bits per heavy atom. The summed E-state index contributed by atoms with van der Waals surface area (Å²) in [5.41, 5.74) is 10.3. The first-order chi connectivity index (χ1) is 11.2. The molecule has 2 N–H and O–H groups in total. The lowest BCUT2D eigenvalue weighted by atomic mass is 10.0. The van der Waals surface area contributed by atoms with Crippen LogP contribution in [0.25, 0.3) is 11.1 Å². The van der Waals surface area contributed by atoms with Crippen LogP contribution in [0.2, 0.25) is 0 Å². The van der Waals surface area contributed by atoms with Crippen molar-refractivity contribution < 1.29 is 0 Å². The molecule has 0 heterocycles. The lowest BCUT2D eigenvalue weighted by Crippen LogP contribution is -2.32. The van der Waals surface area contributed by atoms with Crippen molar-refractivity contribution >= 4 is 23.0 Å². The summed E-state index contributed by atoms with van der Waals surface area (Å²) in [4.78, 5) is 0. The van der Waals surface area contributed by atoms with Gasteiger partial charge < -0.3 is 5.32 Å². The third-order valence-electron chi connectivity index (χ3n) is 3.94. The van der Waals surface area contributed by atoms with Crippen LogP contribution in [0.15, 0.2) is 60.2 Å². The molecule has 0 radical (unpaired) electrons. The minimum Gasteiger partial charge on any atom is -0.358 e. The Hall–Kier alpha value is -2.46. The van der Waals surface area contributed by atoms with Crippen molar-refractivity contribution in [2.24, 2.45) is 5.10 Å². The Kier molecular flexibility index (Phi) is 4.53. The highest BCUT2D eigenvalue weighted by molar-refractivity contribution is 7.80. The van der Waals surface area contributed by atoms with E-state index in [1.165, 1.54) is 22.3 Å². The van der Waals surface area contributed by atoms with E-state index < -0.39 is 0 Å². The van der Waals surface area contributed by atoms with Gasteiger partial charge in [-0.05, 0) is 59.4 Å². The molecule has 0 spiro atoms. The highest BCUT2D eigenvalue weighted by atomic mass is 32.1. The summed E-state index contributed by atoms with van der Waals surface area (Å²) in [6.45, 7) is 6.24. The van der Waals surface area contributed by atoms with E-state index >= 15 is 0 Å². The van der Waals surface area contributed by atoms with Crippen molar-refractivity contribution in [2.75, 3.05) is 6.54 Å². The van der Waals surface area contributed by atoms with Gasteiger partial charge in [0.1, 0.15) is 0 Å². The van der Waals surface area contributed by atoms with Crippen molar-refractivity contribution in [3.05, 3.63) is 71.8 Å². The smallest absolute Gasteiger partial charge is 0.187 e. The van der Waals surface area contributed by atoms with Crippen molar-refractivity contribution in [3.8, 4) is 11.1 Å². The number of benzene rings is 2. The van der Waals surface area contributed by atoms with E-state index in [4.69, 9.17) is 12.2 Å². The number of thiocarbonyl (C=S) groups is 1. The molecule has 0 bridgehead atoms. The van der Waals surface area contributed by atoms with Gasteiger partial charge in [-0.2, -0.15) is 5.10 Å². The van der Waals surface area contributed by atoms with Crippen molar-refractivity contribution in [2.45, 2.75) is 13.3 Å². The molecule has 0 saturated heterocycles. The summed E-state index contributed by atoms with van der Waals surface area (Å²) < 4.78 is 0. The molecule has 0 amide bonds. The molecule has 4 heteroatoms. The van der Waals surface area contributed by atoms with Crippen LogP contribution < -0.4 is 10.7 Å². The highest BCUT2D eigenvalue weighted by Gasteiger charge is 2.18. The zero-order chi connectivity index (χ0) is 16.2. The molecule has 0 aromatic heterocycles. The van der Waals surface area contributed by atoms with E-state index in [9.17, 15) is 0 Å². The maximum Gasteiger partial charge on any atom is 0.187 e. The average Bonchev–Trinajstić information content (AvgIpc) is 2.95. The van der Waals surface area contributed by atoms with Crippen LogP contribution >= 0.6 is 12.2 Å². The predicted octanol–water partition coefficient (Wildman–Crippen LogP) is 3.63. The largest absolute Gasteiger partial charge is 0.358 e. The molecule has 0 aliphatic heterocycles. The molecule has 0 atom stereocenters. The first kappa shape index (κ1) is 15.4. The molecule has 3 nitrogen and oxygen atoms in total. The van der Waals surface area contributed by atoms with Gasteiger partial charge in [0.25, 0.3) is 0 Å². The zero-order valence-corrected chi connectivity index (χ0v) is 13.9. The Morgan fingerprint density at radius 1 is 1.22 bits per heavy atom. The van der Waals surface area contributed by atoms with Gasteiger partial charge in [-0.1, -0.05) is 42.5 Å². The Labute approximate surface area is 142 Å². The van der Waals surface area contributed by atoms with Crippen LogP contribution in [0, 0.1) is 0 Å². The first-order valence-corrected chi connectivity index (χ1v) is 8.00. The second-order valence-electron chi connectivity index (χ2n) is 5.51. The molecule has 23 heavy (non-hydrogen) atoms. The second kappa shape index (κ2) is 6.75. The standard InChI is InChI=1S/C19H19N3S/c1-3-10-20-19(23)22-21-13(2)14-8-9-18-16(11-14)12-15-6-4-5-7-17(15)18/h3-9,11H,1,10,12H2,2H3,(H2,20,22,23)/b21-13-. The van der Waals surface area contributed by atoms with Crippen molar-refractivity contribution in [1.29, 1.82) is 0 Å². The topological polar surface area (TPSA) is 36.4 Å². The van der Waals surface area contributed by atoms with E-state index in [2.05, 4.69) is 64.9 Å². The Morgan fingerprint density at radius 3 is 2.83 bits per heavy atom. The quantitative estimate of drug-likeness (QED) is 0.333. The van der Waals surface area contributed by atoms with Gasteiger partial charge >= 0.3 is 0 Å². The molecule has 0 unspecified atom stereocenters. The van der Waals surface area contributed by atoms with E-state index in [0.29, 0.717) is 11.7 Å². The summed E-state index contributed by atoms with van der Waals surface area (Å²) in [6.07, 6.45) is 2.74. The molecular formula is C19H19N3S.